The second kappa shape index (κ2) is 6.76. The summed E-state index contributed by atoms with van der Waals surface area (Å²) in [6.07, 6.45) is 10.9. The number of nitrogens with zero attached hydrogens (tertiary/aromatic N) is 2. The second-order valence-corrected chi connectivity index (χ2v) is 7.46. The molecule has 0 radical (unpaired) electrons. The Hall–Kier alpha value is -0.450. The van der Waals surface area contributed by atoms with Crippen molar-refractivity contribution in [3.63, 3.8) is 0 Å². The van der Waals surface area contributed by atoms with E-state index >= 15 is 0 Å². The Morgan fingerprint density at radius 2 is 1.86 bits per heavy atom. The Morgan fingerprint density at radius 3 is 2.48 bits per heavy atom. The van der Waals surface area contributed by atoms with Gasteiger partial charge in [0, 0.05) is 28.3 Å². The number of pyridine rings is 1. The molecule has 2 aliphatic rings. The predicted molar refractivity (Wildman–Crippen MR) is 88.3 cm³/mol. The van der Waals surface area contributed by atoms with E-state index in [4.69, 9.17) is 0 Å². The molecule has 0 amide bonds. The molecular formula is C17H25BrN2O. The van der Waals surface area contributed by atoms with Gasteiger partial charge >= 0.3 is 0 Å². The average molecular weight is 353 g/mol. The van der Waals surface area contributed by atoms with Crippen LogP contribution >= 0.6 is 15.9 Å². The number of hydrogen-bond acceptors (Lipinski definition) is 3. The maximum atomic E-state index is 11.0. The van der Waals surface area contributed by atoms with Crippen LogP contribution in [0.3, 0.4) is 0 Å². The second-order valence-electron chi connectivity index (χ2n) is 6.55. The van der Waals surface area contributed by atoms with Crippen molar-refractivity contribution >= 4 is 15.9 Å². The zero-order valence-corrected chi connectivity index (χ0v) is 14.2. The number of piperidine rings is 1. The van der Waals surface area contributed by atoms with Gasteiger partial charge in [-0.3, -0.25) is 9.88 Å². The third kappa shape index (κ3) is 3.33. The van der Waals surface area contributed by atoms with Crippen molar-refractivity contribution in [3.05, 3.63) is 28.5 Å². The zero-order valence-electron chi connectivity index (χ0n) is 12.6. The molecule has 0 aromatic carbocycles. The molecule has 1 saturated heterocycles. The predicted octanol–water partition coefficient (Wildman–Crippen LogP) is 3.55. The lowest BCUT2D eigenvalue weighted by molar-refractivity contribution is -0.0384. The molecule has 2 heterocycles. The van der Waals surface area contributed by atoms with Crippen molar-refractivity contribution in [1.29, 1.82) is 0 Å². The molecule has 4 heteroatoms. The van der Waals surface area contributed by atoms with Gasteiger partial charge in [-0.2, -0.15) is 0 Å². The van der Waals surface area contributed by atoms with Gasteiger partial charge in [0.15, 0.2) is 0 Å². The minimum Gasteiger partial charge on any atom is -0.391 e. The molecule has 1 unspecified atom stereocenters. The first-order valence-electron chi connectivity index (χ1n) is 8.24. The fourth-order valence-electron chi connectivity index (χ4n) is 4.10. The fourth-order valence-corrected chi connectivity index (χ4v) is 4.34. The molecule has 3 rings (SSSR count). The van der Waals surface area contributed by atoms with E-state index in [0.29, 0.717) is 6.42 Å². The number of aromatic nitrogens is 1. The van der Waals surface area contributed by atoms with Crippen LogP contribution in [0.15, 0.2) is 22.8 Å². The smallest absolute Gasteiger partial charge is 0.0779 e. The number of halogens is 1. The van der Waals surface area contributed by atoms with Crippen LogP contribution in [0.25, 0.3) is 0 Å². The zero-order chi connectivity index (χ0) is 14.7. The van der Waals surface area contributed by atoms with Crippen LogP contribution < -0.4 is 0 Å². The van der Waals surface area contributed by atoms with Gasteiger partial charge in [0.1, 0.15) is 0 Å². The number of hydrogen-bond donors (Lipinski definition) is 1. The standard InChI is InChI=1S/C17H25BrN2O/c18-14-6-7-15(19-13-14)12-16(21)17(8-2-3-9-17)20-10-4-1-5-11-20/h6-7,13,16,21H,1-5,8-12H2. The lowest BCUT2D eigenvalue weighted by Crippen LogP contribution is -2.57. The average Bonchev–Trinajstić information content (AvgIpc) is 3.01. The number of rotatable bonds is 4. The Kier molecular flexibility index (Phi) is 4.97. The summed E-state index contributed by atoms with van der Waals surface area (Å²) in [6, 6.07) is 4.03. The Bertz CT molecular complexity index is 450. The summed E-state index contributed by atoms with van der Waals surface area (Å²) in [5.74, 6) is 0. The van der Waals surface area contributed by atoms with Crippen molar-refractivity contribution < 1.29 is 5.11 Å². The van der Waals surface area contributed by atoms with Crippen LogP contribution in [-0.2, 0) is 6.42 Å². The van der Waals surface area contributed by atoms with Crippen LogP contribution in [0.4, 0.5) is 0 Å². The van der Waals surface area contributed by atoms with E-state index in [9.17, 15) is 5.11 Å². The molecule has 3 nitrogen and oxygen atoms in total. The van der Waals surface area contributed by atoms with Crippen LogP contribution in [0.2, 0.25) is 0 Å². The fraction of sp³-hybridized carbons (Fsp3) is 0.706. The quantitative estimate of drug-likeness (QED) is 0.899. The van der Waals surface area contributed by atoms with E-state index in [1.807, 2.05) is 18.3 Å². The first kappa shape index (κ1) is 15.4. The molecule has 0 bridgehead atoms. The van der Waals surface area contributed by atoms with E-state index in [2.05, 4.69) is 25.8 Å². The lowest BCUT2D eigenvalue weighted by Gasteiger charge is -2.46. The summed E-state index contributed by atoms with van der Waals surface area (Å²) in [5, 5.41) is 11.0. The lowest BCUT2D eigenvalue weighted by atomic mass is 9.84. The van der Waals surface area contributed by atoms with E-state index in [0.717, 1.165) is 36.1 Å². The molecule has 0 spiro atoms. The van der Waals surface area contributed by atoms with Gasteiger partial charge in [-0.1, -0.05) is 19.3 Å². The molecule has 1 aliphatic heterocycles. The Labute approximate surface area is 135 Å². The third-order valence-electron chi connectivity index (χ3n) is 5.27. The van der Waals surface area contributed by atoms with Crippen molar-refractivity contribution in [3.8, 4) is 0 Å². The molecule has 2 fully saturated rings. The highest BCUT2D eigenvalue weighted by atomic mass is 79.9. The molecule has 116 valence electrons. The van der Waals surface area contributed by atoms with Gasteiger partial charge in [0.2, 0.25) is 0 Å². The van der Waals surface area contributed by atoms with Crippen molar-refractivity contribution in [2.45, 2.75) is 63.0 Å². The molecule has 1 aromatic heterocycles. The topological polar surface area (TPSA) is 36.4 Å². The Balaban J connectivity index is 1.74. The molecule has 1 aromatic rings. The van der Waals surface area contributed by atoms with Crippen LogP contribution in [0.1, 0.15) is 50.6 Å². The monoisotopic (exact) mass is 352 g/mol. The molecule has 1 aliphatic carbocycles. The highest BCUT2D eigenvalue weighted by molar-refractivity contribution is 9.10. The van der Waals surface area contributed by atoms with Crippen molar-refractivity contribution in [2.24, 2.45) is 0 Å². The third-order valence-corrected chi connectivity index (χ3v) is 5.74. The van der Waals surface area contributed by atoms with Gasteiger partial charge in [0.25, 0.3) is 0 Å². The minimum atomic E-state index is -0.299. The number of aliphatic hydroxyl groups excluding tert-OH is 1. The van der Waals surface area contributed by atoms with E-state index in [-0.39, 0.29) is 11.6 Å². The summed E-state index contributed by atoms with van der Waals surface area (Å²) in [6.45, 7) is 2.32. The van der Waals surface area contributed by atoms with Gasteiger partial charge < -0.3 is 5.11 Å². The van der Waals surface area contributed by atoms with E-state index < -0.39 is 0 Å². The Morgan fingerprint density at radius 1 is 1.14 bits per heavy atom. The highest BCUT2D eigenvalue weighted by Crippen LogP contribution is 2.40. The summed E-state index contributed by atoms with van der Waals surface area (Å²) >= 11 is 3.42. The van der Waals surface area contributed by atoms with E-state index in [1.54, 1.807) is 0 Å². The highest BCUT2D eigenvalue weighted by Gasteiger charge is 2.45. The summed E-state index contributed by atoms with van der Waals surface area (Å²) in [4.78, 5) is 7.03. The maximum Gasteiger partial charge on any atom is 0.0779 e. The number of aliphatic hydroxyl groups is 1. The number of likely N-dealkylation sites (tertiary alicyclic amines) is 1. The first-order chi connectivity index (χ1) is 10.2. The molecule has 1 N–H and O–H groups in total. The van der Waals surface area contributed by atoms with Crippen molar-refractivity contribution in [2.75, 3.05) is 13.1 Å². The molecular weight excluding hydrogens is 328 g/mol. The van der Waals surface area contributed by atoms with Crippen LogP contribution in [0.5, 0.6) is 0 Å². The minimum absolute atomic E-state index is 0.00910. The molecule has 1 saturated carbocycles. The summed E-state index contributed by atoms with van der Waals surface area (Å²) in [7, 11) is 0. The molecule has 1 atom stereocenters. The van der Waals surface area contributed by atoms with Gasteiger partial charge in [-0.15, -0.1) is 0 Å². The first-order valence-corrected chi connectivity index (χ1v) is 9.03. The summed E-state index contributed by atoms with van der Waals surface area (Å²) < 4.78 is 0.993. The van der Waals surface area contributed by atoms with Crippen LogP contribution in [-0.4, -0.2) is 39.7 Å². The van der Waals surface area contributed by atoms with Gasteiger partial charge in [0.05, 0.1) is 6.10 Å². The van der Waals surface area contributed by atoms with Gasteiger partial charge in [-0.05, 0) is 66.8 Å². The van der Waals surface area contributed by atoms with Gasteiger partial charge in [-0.25, -0.2) is 0 Å². The van der Waals surface area contributed by atoms with Crippen molar-refractivity contribution in [1.82, 2.24) is 9.88 Å². The summed E-state index contributed by atoms with van der Waals surface area (Å²) in [5.41, 5.74) is 1.00. The largest absolute Gasteiger partial charge is 0.391 e. The maximum absolute atomic E-state index is 11.0. The normalized spacial score (nSPS) is 24.1. The SMILES string of the molecule is OC(Cc1ccc(Br)cn1)C1(N2CCCCC2)CCCC1. The molecule has 21 heavy (non-hydrogen) atoms. The van der Waals surface area contributed by atoms with Crippen LogP contribution in [0, 0.1) is 0 Å². The van der Waals surface area contributed by atoms with E-state index in [1.165, 1.54) is 32.1 Å².